The van der Waals surface area contributed by atoms with Crippen molar-refractivity contribution in [2.45, 2.75) is 26.3 Å². The summed E-state index contributed by atoms with van der Waals surface area (Å²) in [5.74, 6) is 0.413. The summed E-state index contributed by atoms with van der Waals surface area (Å²) in [5, 5.41) is 3.12. The molecule has 0 aliphatic rings. The molecule has 3 nitrogen and oxygen atoms in total. The maximum Gasteiger partial charge on any atom is 0.0898 e. The molecule has 0 fully saturated rings. The molecule has 1 heterocycles. The van der Waals surface area contributed by atoms with Crippen LogP contribution in [-0.4, -0.2) is 18.7 Å². The molecule has 1 aromatic rings. The number of hydrogen-bond donors (Lipinski definition) is 1. The molecule has 2 N–H and O–H groups in total. The molecule has 0 aliphatic carbocycles. The van der Waals surface area contributed by atoms with Gasteiger partial charge in [0.25, 0.3) is 0 Å². The molecule has 14 heavy (non-hydrogen) atoms. The van der Waals surface area contributed by atoms with Crippen LogP contribution < -0.4 is 5.73 Å². The lowest BCUT2D eigenvalue weighted by atomic mass is 9.97. The predicted octanol–water partition coefficient (Wildman–Crippen LogP) is 2.12. The fourth-order valence-corrected chi connectivity index (χ4v) is 1.97. The van der Waals surface area contributed by atoms with Crippen molar-refractivity contribution in [1.29, 1.82) is 0 Å². The highest BCUT2D eigenvalue weighted by Gasteiger charge is 2.16. The van der Waals surface area contributed by atoms with Crippen molar-refractivity contribution >= 4 is 11.3 Å². The van der Waals surface area contributed by atoms with Gasteiger partial charge in [0, 0.05) is 19.1 Å². The normalized spacial score (nSPS) is 15.4. The Bertz CT molecular complexity index is 275. The van der Waals surface area contributed by atoms with E-state index in [1.807, 2.05) is 12.3 Å². The van der Waals surface area contributed by atoms with E-state index in [4.69, 9.17) is 10.5 Å². The van der Waals surface area contributed by atoms with E-state index in [1.165, 1.54) is 0 Å². The Labute approximate surface area is 89.3 Å². The molecular weight excluding hydrogens is 196 g/mol. The van der Waals surface area contributed by atoms with Gasteiger partial charge in [-0.05, 0) is 19.3 Å². The summed E-state index contributed by atoms with van der Waals surface area (Å²) < 4.78 is 5.03. The number of methoxy groups -OCH3 is 1. The van der Waals surface area contributed by atoms with Gasteiger partial charge in [0.15, 0.2) is 0 Å². The Kier molecular flexibility index (Phi) is 4.51. The van der Waals surface area contributed by atoms with Gasteiger partial charge in [0.1, 0.15) is 0 Å². The summed E-state index contributed by atoms with van der Waals surface area (Å²) in [7, 11) is 1.71. The molecule has 0 aliphatic heterocycles. The molecule has 0 amide bonds. The summed E-state index contributed by atoms with van der Waals surface area (Å²) >= 11 is 1.65. The fourth-order valence-electron chi connectivity index (χ4n) is 1.31. The molecule has 0 aromatic carbocycles. The minimum absolute atomic E-state index is 0.0371. The van der Waals surface area contributed by atoms with Crippen LogP contribution in [0.25, 0.3) is 0 Å². The van der Waals surface area contributed by atoms with Crippen LogP contribution in [0.4, 0.5) is 0 Å². The molecule has 1 aromatic heterocycles. The third kappa shape index (κ3) is 3.04. The summed E-state index contributed by atoms with van der Waals surface area (Å²) in [6.07, 6.45) is 0.980. The van der Waals surface area contributed by atoms with Crippen LogP contribution in [0.5, 0.6) is 0 Å². The van der Waals surface area contributed by atoms with Gasteiger partial charge in [-0.1, -0.05) is 6.92 Å². The van der Waals surface area contributed by atoms with Gasteiger partial charge in [0.05, 0.1) is 16.7 Å². The largest absolute Gasteiger partial charge is 0.385 e. The van der Waals surface area contributed by atoms with E-state index in [2.05, 4.69) is 11.9 Å². The Morgan fingerprint density at radius 3 is 2.86 bits per heavy atom. The van der Waals surface area contributed by atoms with Gasteiger partial charge in [-0.15, -0.1) is 11.3 Å². The number of aryl methyl sites for hydroxylation is 1. The lowest BCUT2D eigenvalue weighted by molar-refractivity contribution is 0.174. The van der Waals surface area contributed by atoms with Crippen LogP contribution in [0.15, 0.2) is 5.38 Å². The summed E-state index contributed by atoms with van der Waals surface area (Å²) in [4.78, 5) is 4.39. The highest BCUT2D eigenvalue weighted by molar-refractivity contribution is 7.09. The van der Waals surface area contributed by atoms with Crippen molar-refractivity contribution in [1.82, 2.24) is 4.98 Å². The number of rotatable bonds is 5. The van der Waals surface area contributed by atoms with Crippen LogP contribution in [-0.2, 0) is 4.74 Å². The van der Waals surface area contributed by atoms with Gasteiger partial charge in [-0.3, -0.25) is 0 Å². The second-order valence-corrected chi connectivity index (χ2v) is 4.64. The number of nitrogens with zero attached hydrogens (tertiary/aromatic N) is 1. The highest BCUT2D eigenvalue weighted by Crippen LogP contribution is 2.23. The number of hydrogen-bond acceptors (Lipinski definition) is 4. The Balaban J connectivity index is 2.51. The summed E-state index contributed by atoms with van der Waals surface area (Å²) in [6.45, 7) is 4.90. The van der Waals surface area contributed by atoms with Crippen molar-refractivity contribution in [3.05, 3.63) is 16.1 Å². The zero-order chi connectivity index (χ0) is 10.6. The van der Waals surface area contributed by atoms with Gasteiger partial charge in [0.2, 0.25) is 0 Å². The zero-order valence-corrected chi connectivity index (χ0v) is 9.80. The summed E-state index contributed by atoms with van der Waals surface area (Å²) in [5.41, 5.74) is 7.09. The minimum atomic E-state index is 0.0371. The first-order chi connectivity index (χ1) is 6.65. The molecule has 0 spiro atoms. The third-order valence-corrected chi connectivity index (χ3v) is 3.16. The molecule has 2 unspecified atom stereocenters. The SMILES string of the molecule is COCCC(C)C(N)c1csc(C)n1. The molecule has 2 atom stereocenters. The van der Waals surface area contributed by atoms with E-state index < -0.39 is 0 Å². The van der Waals surface area contributed by atoms with Crippen LogP contribution in [0.1, 0.15) is 30.1 Å². The fraction of sp³-hybridized carbons (Fsp3) is 0.700. The first kappa shape index (κ1) is 11.6. The quantitative estimate of drug-likeness (QED) is 0.816. The van der Waals surface area contributed by atoms with Crippen molar-refractivity contribution in [2.75, 3.05) is 13.7 Å². The van der Waals surface area contributed by atoms with Gasteiger partial charge in [-0.25, -0.2) is 4.98 Å². The number of ether oxygens (including phenoxy) is 1. The Morgan fingerprint density at radius 1 is 1.64 bits per heavy atom. The topological polar surface area (TPSA) is 48.1 Å². The second-order valence-electron chi connectivity index (χ2n) is 3.58. The zero-order valence-electron chi connectivity index (χ0n) is 8.99. The molecule has 0 bridgehead atoms. The molecule has 0 saturated carbocycles. The first-order valence-corrected chi connectivity index (χ1v) is 5.69. The number of thiazole rings is 1. The van der Waals surface area contributed by atoms with Crippen molar-refractivity contribution in [3.8, 4) is 0 Å². The first-order valence-electron chi connectivity index (χ1n) is 4.81. The molecule has 80 valence electrons. The van der Waals surface area contributed by atoms with Crippen LogP contribution in [0.3, 0.4) is 0 Å². The van der Waals surface area contributed by atoms with Crippen LogP contribution >= 0.6 is 11.3 Å². The lowest BCUT2D eigenvalue weighted by Gasteiger charge is -2.17. The van der Waals surface area contributed by atoms with Crippen molar-refractivity contribution in [3.63, 3.8) is 0 Å². The van der Waals surface area contributed by atoms with Gasteiger partial charge < -0.3 is 10.5 Å². The second kappa shape index (κ2) is 5.44. The van der Waals surface area contributed by atoms with Gasteiger partial charge >= 0.3 is 0 Å². The predicted molar refractivity (Wildman–Crippen MR) is 59.4 cm³/mol. The molecule has 1 rings (SSSR count). The maximum atomic E-state index is 6.08. The molecule has 0 radical (unpaired) electrons. The Hall–Kier alpha value is -0.450. The number of nitrogens with two attached hydrogens (primary N) is 1. The van der Waals surface area contributed by atoms with Crippen LogP contribution in [0.2, 0.25) is 0 Å². The molecule has 4 heteroatoms. The van der Waals surface area contributed by atoms with E-state index in [1.54, 1.807) is 18.4 Å². The van der Waals surface area contributed by atoms with Gasteiger partial charge in [-0.2, -0.15) is 0 Å². The highest BCUT2D eigenvalue weighted by atomic mass is 32.1. The smallest absolute Gasteiger partial charge is 0.0898 e. The monoisotopic (exact) mass is 214 g/mol. The van der Waals surface area contributed by atoms with E-state index in [0.717, 1.165) is 23.7 Å². The van der Waals surface area contributed by atoms with Crippen molar-refractivity contribution in [2.24, 2.45) is 11.7 Å². The molecule has 0 saturated heterocycles. The summed E-state index contributed by atoms with van der Waals surface area (Å²) in [6, 6.07) is 0.0371. The maximum absolute atomic E-state index is 6.08. The number of aromatic nitrogens is 1. The standard InChI is InChI=1S/C10H18N2OS/c1-7(4-5-13-3)10(11)9-6-14-8(2)12-9/h6-7,10H,4-5,11H2,1-3H3. The van der Waals surface area contributed by atoms with E-state index >= 15 is 0 Å². The average Bonchev–Trinajstić information content (AvgIpc) is 2.60. The van der Waals surface area contributed by atoms with Crippen LogP contribution in [0, 0.1) is 12.8 Å². The Morgan fingerprint density at radius 2 is 2.36 bits per heavy atom. The van der Waals surface area contributed by atoms with E-state index in [-0.39, 0.29) is 6.04 Å². The van der Waals surface area contributed by atoms with Crippen molar-refractivity contribution < 1.29 is 4.74 Å². The average molecular weight is 214 g/mol. The third-order valence-electron chi connectivity index (χ3n) is 2.37. The van der Waals surface area contributed by atoms with E-state index in [0.29, 0.717) is 5.92 Å². The minimum Gasteiger partial charge on any atom is -0.385 e. The lowest BCUT2D eigenvalue weighted by Crippen LogP contribution is -2.20. The van der Waals surface area contributed by atoms with E-state index in [9.17, 15) is 0 Å². The molecular formula is C10H18N2OS.